The summed E-state index contributed by atoms with van der Waals surface area (Å²) in [6.07, 6.45) is 5.14. The maximum Gasteiger partial charge on any atom is 0.0249 e. The molecular weight excluding hydrogens is 184 g/mol. The van der Waals surface area contributed by atoms with Gasteiger partial charge in [0.25, 0.3) is 0 Å². The summed E-state index contributed by atoms with van der Waals surface area (Å²) in [5.41, 5.74) is 3.92. The molecule has 0 aromatic heterocycles. The van der Waals surface area contributed by atoms with Gasteiger partial charge in [-0.3, -0.25) is 11.3 Å². The molecule has 90 valence electrons. The molecule has 2 nitrogen and oxygen atoms in total. The van der Waals surface area contributed by atoms with E-state index in [1.807, 2.05) is 0 Å². The van der Waals surface area contributed by atoms with E-state index in [9.17, 15) is 0 Å². The van der Waals surface area contributed by atoms with Crippen LogP contribution in [0.3, 0.4) is 0 Å². The van der Waals surface area contributed by atoms with Gasteiger partial charge in [-0.05, 0) is 23.2 Å². The van der Waals surface area contributed by atoms with Crippen molar-refractivity contribution in [1.82, 2.24) is 5.43 Å². The summed E-state index contributed by atoms with van der Waals surface area (Å²) >= 11 is 0. The fraction of sp³-hybridized carbons (Fsp3) is 1.00. The summed E-state index contributed by atoms with van der Waals surface area (Å²) in [6.45, 7) is 11.7. The van der Waals surface area contributed by atoms with Crippen LogP contribution in [0.15, 0.2) is 0 Å². The second-order valence-corrected chi connectivity index (χ2v) is 6.19. The molecule has 0 spiro atoms. The third-order valence-corrected chi connectivity index (χ3v) is 4.87. The van der Waals surface area contributed by atoms with Gasteiger partial charge in [0.15, 0.2) is 0 Å². The number of hydrogen-bond donors (Lipinski definition) is 2. The van der Waals surface area contributed by atoms with Gasteiger partial charge in [0.2, 0.25) is 0 Å². The van der Waals surface area contributed by atoms with Crippen molar-refractivity contribution in [2.45, 2.75) is 66.3 Å². The van der Waals surface area contributed by atoms with Crippen LogP contribution in [0.2, 0.25) is 0 Å². The minimum atomic E-state index is 0.441. The Balaban J connectivity index is 2.48. The fourth-order valence-electron chi connectivity index (χ4n) is 3.21. The minimum Gasteiger partial charge on any atom is -0.271 e. The van der Waals surface area contributed by atoms with Crippen LogP contribution in [0, 0.1) is 16.7 Å². The van der Waals surface area contributed by atoms with Gasteiger partial charge in [-0.15, -0.1) is 0 Å². The normalized spacial score (nSPS) is 25.2. The van der Waals surface area contributed by atoms with Crippen molar-refractivity contribution < 1.29 is 0 Å². The highest BCUT2D eigenvalue weighted by atomic mass is 15.2. The highest BCUT2D eigenvalue weighted by Crippen LogP contribution is 2.69. The number of rotatable bonds is 6. The predicted molar refractivity (Wildman–Crippen MR) is 66.3 cm³/mol. The Morgan fingerprint density at radius 2 is 1.67 bits per heavy atom. The highest BCUT2D eigenvalue weighted by molar-refractivity contribution is 5.15. The van der Waals surface area contributed by atoms with Gasteiger partial charge in [0, 0.05) is 6.04 Å². The molecule has 0 aromatic rings. The van der Waals surface area contributed by atoms with Crippen LogP contribution in [-0.4, -0.2) is 6.04 Å². The fourth-order valence-corrected chi connectivity index (χ4v) is 3.21. The summed E-state index contributed by atoms with van der Waals surface area (Å²) < 4.78 is 0. The van der Waals surface area contributed by atoms with Crippen LogP contribution in [0.5, 0.6) is 0 Å². The molecule has 1 unspecified atom stereocenters. The molecule has 1 rings (SSSR count). The molecule has 1 fully saturated rings. The third kappa shape index (κ3) is 2.21. The van der Waals surface area contributed by atoms with E-state index in [1.165, 1.54) is 25.7 Å². The summed E-state index contributed by atoms with van der Waals surface area (Å²) in [5, 5.41) is 0. The van der Waals surface area contributed by atoms with E-state index < -0.39 is 0 Å². The second-order valence-electron chi connectivity index (χ2n) is 6.19. The van der Waals surface area contributed by atoms with Gasteiger partial charge >= 0.3 is 0 Å². The summed E-state index contributed by atoms with van der Waals surface area (Å²) in [7, 11) is 0. The van der Waals surface area contributed by atoms with E-state index in [0.717, 1.165) is 5.92 Å². The first kappa shape index (κ1) is 13.0. The lowest BCUT2D eigenvalue weighted by atomic mass is 9.99. The molecule has 1 atom stereocenters. The van der Waals surface area contributed by atoms with Crippen LogP contribution in [0.25, 0.3) is 0 Å². The largest absolute Gasteiger partial charge is 0.271 e. The average molecular weight is 212 g/mol. The molecule has 1 aliphatic rings. The zero-order valence-electron chi connectivity index (χ0n) is 11.1. The third-order valence-electron chi connectivity index (χ3n) is 4.87. The van der Waals surface area contributed by atoms with Crippen LogP contribution in [0.1, 0.15) is 60.3 Å². The maximum absolute atomic E-state index is 5.69. The Bertz CT molecular complexity index is 195. The van der Waals surface area contributed by atoms with E-state index in [4.69, 9.17) is 5.84 Å². The zero-order chi connectivity index (χ0) is 11.7. The average Bonchev–Trinajstić information content (AvgIpc) is 2.54. The van der Waals surface area contributed by atoms with Crippen molar-refractivity contribution in [2.24, 2.45) is 22.6 Å². The topological polar surface area (TPSA) is 38.0 Å². The van der Waals surface area contributed by atoms with E-state index in [1.54, 1.807) is 0 Å². The molecular formula is C13H28N2. The number of nitrogens with one attached hydrogen (secondary N) is 1. The molecule has 15 heavy (non-hydrogen) atoms. The maximum atomic E-state index is 5.69. The van der Waals surface area contributed by atoms with Crippen molar-refractivity contribution in [3.8, 4) is 0 Å². The quantitative estimate of drug-likeness (QED) is 0.403. The van der Waals surface area contributed by atoms with Crippen molar-refractivity contribution in [2.75, 3.05) is 0 Å². The van der Waals surface area contributed by atoms with Gasteiger partial charge < -0.3 is 0 Å². The molecule has 0 saturated heterocycles. The summed E-state index contributed by atoms with van der Waals surface area (Å²) in [4.78, 5) is 0. The van der Waals surface area contributed by atoms with Gasteiger partial charge in [-0.25, -0.2) is 0 Å². The molecule has 0 aliphatic heterocycles. The monoisotopic (exact) mass is 212 g/mol. The number of hydrazine groups is 1. The lowest BCUT2D eigenvalue weighted by Gasteiger charge is -2.17. The molecule has 0 bridgehead atoms. The molecule has 0 radical (unpaired) electrons. The van der Waals surface area contributed by atoms with Crippen LogP contribution >= 0.6 is 0 Å². The first-order valence-corrected chi connectivity index (χ1v) is 6.35. The van der Waals surface area contributed by atoms with Crippen LogP contribution in [-0.2, 0) is 0 Å². The van der Waals surface area contributed by atoms with Crippen molar-refractivity contribution in [3.05, 3.63) is 0 Å². The molecule has 1 saturated carbocycles. The zero-order valence-corrected chi connectivity index (χ0v) is 11.1. The molecule has 2 heteroatoms. The lowest BCUT2D eigenvalue weighted by Crippen LogP contribution is -2.38. The van der Waals surface area contributed by atoms with Crippen LogP contribution in [0.4, 0.5) is 0 Å². The highest BCUT2D eigenvalue weighted by Gasteiger charge is 2.66. The molecule has 3 N–H and O–H groups in total. The van der Waals surface area contributed by atoms with Gasteiger partial charge in [0.1, 0.15) is 0 Å². The lowest BCUT2D eigenvalue weighted by molar-refractivity contribution is 0.371. The van der Waals surface area contributed by atoms with Crippen molar-refractivity contribution in [3.63, 3.8) is 0 Å². The number of hydrogen-bond acceptors (Lipinski definition) is 2. The first-order chi connectivity index (χ1) is 6.89. The Morgan fingerprint density at radius 1 is 1.13 bits per heavy atom. The summed E-state index contributed by atoms with van der Waals surface area (Å²) in [6, 6.07) is 0.501. The van der Waals surface area contributed by atoms with E-state index in [-0.39, 0.29) is 0 Å². The second kappa shape index (κ2) is 4.42. The smallest absolute Gasteiger partial charge is 0.0249 e. The van der Waals surface area contributed by atoms with Gasteiger partial charge in [-0.2, -0.15) is 0 Å². The van der Waals surface area contributed by atoms with Crippen molar-refractivity contribution in [1.29, 1.82) is 0 Å². The first-order valence-electron chi connectivity index (χ1n) is 6.35. The Kier molecular flexibility index (Phi) is 3.83. The minimum absolute atomic E-state index is 0.441. The van der Waals surface area contributed by atoms with Gasteiger partial charge in [0.05, 0.1) is 0 Å². The molecule has 0 heterocycles. The molecule has 0 amide bonds. The van der Waals surface area contributed by atoms with E-state index in [2.05, 4.69) is 40.0 Å². The number of unbranched alkanes of at least 4 members (excludes halogenated alkanes) is 2. The standard InChI is InChI=1S/C13H28N2/c1-6-7-8-9-10(15-14)11-12(2,3)13(11,4)5/h10-11,15H,6-9,14H2,1-5H3. The Hall–Kier alpha value is -0.0800. The Labute approximate surface area is 95.0 Å². The van der Waals surface area contributed by atoms with Gasteiger partial charge in [-0.1, -0.05) is 53.9 Å². The number of nitrogens with two attached hydrogens (primary N) is 1. The molecule has 1 aliphatic carbocycles. The van der Waals surface area contributed by atoms with Crippen LogP contribution < -0.4 is 11.3 Å². The summed E-state index contributed by atoms with van der Waals surface area (Å²) in [5.74, 6) is 6.42. The van der Waals surface area contributed by atoms with E-state index >= 15 is 0 Å². The predicted octanol–water partition coefficient (Wildman–Crippen LogP) is 3.08. The molecule has 0 aromatic carbocycles. The SMILES string of the molecule is CCCCCC(NN)C1C(C)(C)C1(C)C. The Morgan fingerprint density at radius 3 is 2.00 bits per heavy atom. The van der Waals surface area contributed by atoms with Crippen molar-refractivity contribution >= 4 is 0 Å². The van der Waals surface area contributed by atoms with E-state index in [0.29, 0.717) is 16.9 Å².